The Balaban J connectivity index is 1.78. The summed E-state index contributed by atoms with van der Waals surface area (Å²) in [4.78, 5) is 20.0. The van der Waals surface area contributed by atoms with E-state index in [1.165, 1.54) is 5.56 Å². The topological polar surface area (TPSA) is 71.2 Å². The van der Waals surface area contributed by atoms with Crippen molar-refractivity contribution >= 4 is 16.8 Å². The number of hydrogen-bond donors (Lipinski definition) is 0. The summed E-state index contributed by atoms with van der Waals surface area (Å²) in [5, 5.41) is 10.1. The van der Waals surface area contributed by atoms with Gasteiger partial charge in [-0.1, -0.05) is 69.8 Å². The summed E-state index contributed by atoms with van der Waals surface area (Å²) in [5.74, 6) is 0.565. The molecule has 0 fully saturated rings. The first-order chi connectivity index (χ1) is 18.3. The minimum absolute atomic E-state index is 0.0603. The molecule has 2 aromatic heterocycles. The fourth-order valence-corrected chi connectivity index (χ4v) is 4.48. The van der Waals surface area contributed by atoms with Crippen molar-refractivity contribution in [2.45, 2.75) is 45.7 Å². The molecule has 0 aliphatic carbocycles. The van der Waals surface area contributed by atoms with Gasteiger partial charge in [0.15, 0.2) is 0 Å². The van der Waals surface area contributed by atoms with Crippen LogP contribution >= 0.6 is 0 Å². The standard InChI is InChI=1S/C32H34N4O2/c1-5-19-38-30-11-6-10-28-27(30)20-29(36(28)23-24-12-14-26(15-13-24)32(2,3)4)31(37)35(18-8-16-33)22-25-9-7-17-34-21-25/h5-7,9-15,17,20-21H,1,8,18-19,22-23H2,2-4H3. The number of aromatic nitrogens is 2. The summed E-state index contributed by atoms with van der Waals surface area (Å²) in [6.45, 7) is 11.9. The lowest BCUT2D eigenvalue weighted by Gasteiger charge is -2.23. The Morgan fingerprint density at radius 3 is 2.58 bits per heavy atom. The highest BCUT2D eigenvalue weighted by molar-refractivity contribution is 6.00. The fraction of sp³-hybridized carbons (Fsp3) is 0.281. The third-order valence-electron chi connectivity index (χ3n) is 6.52. The van der Waals surface area contributed by atoms with Gasteiger partial charge in [-0.2, -0.15) is 5.26 Å². The van der Waals surface area contributed by atoms with E-state index in [1.54, 1.807) is 23.4 Å². The van der Waals surface area contributed by atoms with Crippen LogP contribution in [-0.2, 0) is 18.5 Å². The van der Waals surface area contributed by atoms with Crippen LogP contribution in [0.5, 0.6) is 5.75 Å². The summed E-state index contributed by atoms with van der Waals surface area (Å²) in [6, 6.07) is 22.3. The molecule has 0 spiro atoms. The van der Waals surface area contributed by atoms with Gasteiger partial charge in [0.1, 0.15) is 18.1 Å². The number of fused-ring (bicyclic) bond motifs is 1. The Kier molecular flexibility index (Phi) is 8.28. The maximum absolute atomic E-state index is 14.1. The van der Waals surface area contributed by atoms with Gasteiger partial charge in [0.05, 0.1) is 18.0 Å². The molecule has 2 heterocycles. The molecular formula is C32H34N4O2. The molecule has 2 aromatic carbocycles. The number of hydrogen-bond acceptors (Lipinski definition) is 4. The fourth-order valence-electron chi connectivity index (χ4n) is 4.48. The van der Waals surface area contributed by atoms with E-state index in [4.69, 9.17) is 4.74 Å². The van der Waals surface area contributed by atoms with Crippen molar-refractivity contribution in [3.63, 3.8) is 0 Å². The monoisotopic (exact) mass is 506 g/mol. The minimum atomic E-state index is -0.138. The molecule has 0 aliphatic rings. The molecule has 0 radical (unpaired) electrons. The first-order valence-corrected chi connectivity index (χ1v) is 12.8. The van der Waals surface area contributed by atoms with Crippen LogP contribution in [0.3, 0.4) is 0 Å². The maximum atomic E-state index is 14.1. The van der Waals surface area contributed by atoms with Crippen LogP contribution in [0.1, 0.15) is 54.4 Å². The van der Waals surface area contributed by atoms with Crippen LogP contribution in [0.25, 0.3) is 10.9 Å². The second-order valence-electron chi connectivity index (χ2n) is 10.3. The Hall–Kier alpha value is -4.37. The van der Waals surface area contributed by atoms with E-state index in [9.17, 15) is 10.1 Å². The number of carbonyl (C=O) groups is 1. The number of rotatable bonds is 10. The Morgan fingerprint density at radius 2 is 1.92 bits per heavy atom. The van der Waals surface area contributed by atoms with Gasteiger partial charge in [-0.05, 0) is 46.4 Å². The summed E-state index contributed by atoms with van der Waals surface area (Å²) in [7, 11) is 0. The molecule has 0 saturated heterocycles. The van der Waals surface area contributed by atoms with Gasteiger partial charge in [-0.15, -0.1) is 0 Å². The first kappa shape index (κ1) is 26.7. The molecule has 4 rings (SSSR count). The van der Waals surface area contributed by atoms with Gasteiger partial charge in [0, 0.05) is 37.4 Å². The number of benzene rings is 2. The number of ether oxygens (including phenoxy) is 1. The summed E-state index contributed by atoms with van der Waals surface area (Å²) < 4.78 is 7.98. The van der Waals surface area contributed by atoms with E-state index < -0.39 is 0 Å². The first-order valence-electron chi connectivity index (χ1n) is 12.8. The minimum Gasteiger partial charge on any atom is -0.489 e. The SMILES string of the molecule is C=CCOc1cccc2c1cc(C(=O)N(CCC#N)Cc1cccnc1)n2Cc1ccc(C(C)(C)C)cc1. The predicted molar refractivity (Wildman–Crippen MR) is 151 cm³/mol. The molecule has 0 atom stereocenters. The van der Waals surface area contributed by atoms with Crippen molar-refractivity contribution < 1.29 is 9.53 Å². The van der Waals surface area contributed by atoms with Gasteiger partial charge < -0.3 is 14.2 Å². The van der Waals surface area contributed by atoms with E-state index in [-0.39, 0.29) is 17.7 Å². The third-order valence-corrected chi connectivity index (χ3v) is 6.52. The van der Waals surface area contributed by atoms with Crippen molar-refractivity contribution in [1.82, 2.24) is 14.5 Å². The summed E-state index contributed by atoms with van der Waals surface area (Å²) in [5.41, 5.74) is 4.79. The lowest BCUT2D eigenvalue weighted by Crippen LogP contribution is -2.33. The van der Waals surface area contributed by atoms with Crippen LogP contribution in [0, 0.1) is 11.3 Å². The Morgan fingerprint density at radius 1 is 1.13 bits per heavy atom. The van der Waals surface area contributed by atoms with Crippen LogP contribution in [0.4, 0.5) is 0 Å². The highest BCUT2D eigenvalue weighted by Gasteiger charge is 2.23. The zero-order valence-electron chi connectivity index (χ0n) is 22.4. The highest BCUT2D eigenvalue weighted by Crippen LogP contribution is 2.31. The van der Waals surface area contributed by atoms with Gasteiger partial charge in [0.25, 0.3) is 5.91 Å². The van der Waals surface area contributed by atoms with Gasteiger partial charge in [-0.3, -0.25) is 9.78 Å². The largest absolute Gasteiger partial charge is 0.489 e. The lowest BCUT2D eigenvalue weighted by molar-refractivity contribution is 0.0737. The van der Waals surface area contributed by atoms with Gasteiger partial charge in [-0.25, -0.2) is 0 Å². The molecule has 38 heavy (non-hydrogen) atoms. The molecular weight excluding hydrogens is 472 g/mol. The highest BCUT2D eigenvalue weighted by atomic mass is 16.5. The zero-order chi connectivity index (χ0) is 27.1. The molecule has 4 aromatic rings. The van der Waals surface area contributed by atoms with E-state index in [0.717, 1.165) is 22.0 Å². The van der Waals surface area contributed by atoms with Gasteiger partial charge >= 0.3 is 0 Å². The predicted octanol–water partition coefficient (Wildman–Crippen LogP) is 6.50. The van der Waals surface area contributed by atoms with E-state index >= 15 is 0 Å². The molecule has 6 heteroatoms. The van der Waals surface area contributed by atoms with Crippen LogP contribution in [-0.4, -0.2) is 33.5 Å². The number of nitriles is 1. The average Bonchev–Trinajstić information content (AvgIpc) is 3.28. The van der Waals surface area contributed by atoms with E-state index in [1.807, 2.05) is 41.0 Å². The van der Waals surface area contributed by atoms with E-state index in [0.29, 0.717) is 37.7 Å². The van der Waals surface area contributed by atoms with Crippen molar-refractivity contribution in [2.24, 2.45) is 0 Å². The molecule has 0 unspecified atom stereocenters. The van der Waals surface area contributed by atoms with Gasteiger partial charge in [0.2, 0.25) is 0 Å². The zero-order valence-corrected chi connectivity index (χ0v) is 22.4. The molecule has 6 nitrogen and oxygen atoms in total. The van der Waals surface area contributed by atoms with Crippen molar-refractivity contribution in [1.29, 1.82) is 5.26 Å². The third kappa shape index (κ3) is 6.12. The molecule has 0 saturated carbocycles. The molecule has 194 valence electrons. The molecule has 0 bridgehead atoms. The maximum Gasteiger partial charge on any atom is 0.270 e. The summed E-state index contributed by atoms with van der Waals surface area (Å²) >= 11 is 0. The number of carbonyl (C=O) groups excluding carboxylic acids is 1. The van der Waals surface area contributed by atoms with Crippen molar-refractivity contribution in [3.8, 4) is 11.8 Å². The molecule has 0 aliphatic heterocycles. The normalized spacial score (nSPS) is 11.2. The summed E-state index contributed by atoms with van der Waals surface area (Å²) in [6.07, 6.45) is 5.41. The van der Waals surface area contributed by atoms with Crippen molar-refractivity contribution in [3.05, 3.63) is 108 Å². The van der Waals surface area contributed by atoms with Crippen LogP contribution in [0.15, 0.2) is 85.7 Å². The van der Waals surface area contributed by atoms with Crippen LogP contribution < -0.4 is 4.74 Å². The number of nitrogens with zero attached hydrogens (tertiary/aromatic N) is 4. The Labute approximate surface area is 224 Å². The molecule has 0 N–H and O–H groups in total. The smallest absolute Gasteiger partial charge is 0.270 e. The second kappa shape index (κ2) is 11.8. The Bertz CT molecular complexity index is 1440. The second-order valence-corrected chi connectivity index (χ2v) is 10.3. The lowest BCUT2D eigenvalue weighted by atomic mass is 9.87. The quantitative estimate of drug-likeness (QED) is 0.230. The molecule has 1 amide bonds. The van der Waals surface area contributed by atoms with Crippen molar-refractivity contribution in [2.75, 3.05) is 13.2 Å². The number of pyridine rings is 1. The average molecular weight is 507 g/mol. The van der Waals surface area contributed by atoms with Crippen LogP contribution in [0.2, 0.25) is 0 Å². The number of amides is 1. The van der Waals surface area contributed by atoms with E-state index in [2.05, 4.69) is 62.7 Å².